The van der Waals surface area contributed by atoms with Crippen LogP contribution in [0.3, 0.4) is 0 Å². The van der Waals surface area contributed by atoms with E-state index in [4.69, 9.17) is 14.2 Å². The van der Waals surface area contributed by atoms with E-state index in [0.717, 1.165) is 27.1 Å². The molecule has 1 atom stereocenters. The second-order valence-corrected chi connectivity index (χ2v) is 10.1. The highest BCUT2D eigenvalue weighted by molar-refractivity contribution is 8.00. The predicted molar refractivity (Wildman–Crippen MR) is 146 cm³/mol. The van der Waals surface area contributed by atoms with Crippen LogP contribution >= 0.6 is 11.8 Å². The first-order valence-corrected chi connectivity index (χ1v) is 13.4. The zero-order valence-corrected chi connectivity index (χ0v) is 21.9. The second kappa shape index (κ2) is 9.98. The number of nitrogens with one attached hydrogen (secondary N) is 1. The molecule has 2 amide bonds. The molecule has 0 bridgehead atoms. The lowest BCUT2D eigenvalue weighted by Crippen LogP contribution is -2.44. The molecule has 1 aromatic heterocycles. The van der Waals surface area contributed by atoms with Crippen molar-refractivity contribution in [3.05, 3.63) is 77.9 Å². The highest BCUT2D eigenvalue weighted by Gasteiger charge is 2.40. The molecular weight excluding hydrogens is 502 g/mol. The van der Waals surface area contributed by atoms with Gasteiger partial charge in [0.15, 0.2) is 11.5 Å². The van der Waals surface area contributed by atoms with E-state index in [1.54, 1.807) is 24.1 Å². The molecule has 1 N–H and O–H groups in total. The lowest BCUT2D eigenvalue weighted by molar-refractivity contribution is -0.125. The minimum atomic E-state index is -0.893. The highest BCUT2D eigenvalue weighted by atomic mass is 32.2. The fourth-order valence-electron chi connectivity index (χ4n) is 5.16. The summed E-state index contributed by atoms with van der Waals surface area (Å²) in [6.45, 7) is 1.16. The number of carbonyl (C=O) groups is 2. The molecule has 3 heterocycles. The zero-order chi connectivity index (χ0) is 26.2. The number of para-hydroxylation sites is 2. The monoisotopic (exact) mass is 529 g/mol. The summed E-state index contributed by atoms with van der Waals surface area (Å²) in [4.78, 5) is 29.4. The van der Waals surface area contributed by atoms with Crippen LogP contribution in [0.1, 0.15) is 17.2 Å². The number of nitrogens with zero attached hydrogens (tertiary/aromatic N) is 2. The summed E-state index contributed by atoms with van der Waals surface area (Å²) >= 11 is 1.45. The zero-order valence-electron chi connectivity index (χ0n) is 21.1. The Kier molecular flexibility index (Phi) is 6.37. The average Bonchev–Trinajstić information content (AvgIpc) is 3.13. The number of hydrogen-bond donors (Lipinski definition) is 1. The summed E-state index contributed by atoms with van der Waals surface area (Å²) in [7, 11) is 3.58. The van der Waals surface area contributed by atoms with E-state index in [9.17, 15) is 9.59 Å². The van der Waals surface area contributed by atoms with E-state index in [2.05, 4.69) is 9.88 Å². The van der Waals surface area contributed by atoms with Crippen LogP contribution in [0.2, 0.25) is 0 Å². The molecule has 0 radical (unpaired) electrons. The van der Waals surface area contributed by atoms with Gasteiger partial charge in [0.2, 0.25) is 11.8 Å². The van der Waals surface area contributed by atoms with Crippen LogP contribution in [0, 0.1) is 0 Å². The molecule has 0 saturated carbocycles. The van der Waals surface area contributed by atoms with E-state index >= 15 is 0 Å². The smallest absolute Gasteiger partial charge is 0.248 e. The van der Waals surface area contributed by atoms with Crippen LogP contribution in [-0.4, -0.2) is 42.5 Å². The van der Waals surface area contributed by atoms with E-state index in [1.807, 2.05) is 61.6 Å². The molecule has 6 rings (SSSR count). The quantitative estimate of drug-likeness (QED) is 0.411. The normalized spacial score (nSPS) is 16.6. The lowest BCUT2D eigenvalue weighted by atomic mass is 10.0. The highest BCUT2D eigenvalue weighted by Crippen LogP contribution is 2.45. The molecule has 2 aliphatic rings. The summed E-state index contributed by atoms with van der Waals surface area (Å²) in [5, 5.41) is 4.92. The maximum absolute atomic E-state index is 14.1. The Balaban J connectivity index is 1.47. The Labute approximate surface area is 224 Å². The minimum Gasteiger partial charge on any atom is -0.496 e. The number of hydrogen-bond acceptors (Lipinski definition) is 6. The molecule has 0 spiro atoms. The van der Waals surface area contributed by atoms with Gasteiger partial charge in [-0.15, -0.1) is 0 Å². The van der Waals surface area contributed by atoms with Crippen molar-refractivity contribution in [1.82, 2.24) is 9.88 Å². The predicted octanol–water partition coefficient (Wildman–Crippen LogP) is 4.45. The van der Waals surface area contributed by atoms with Crippen LogP contribution in [-0.2, 0) is 23.2 Å². The first-order chi connectivity index (χ1) is 18.6. The fraction of sp³-hybridized carbons (Fsp3) is 0.241. The summed E-state index contributed by atoms with van der Waals surface area (Å²) in [6, 6.07) is 20.0. The van der Waals surface area contributed by atoms with Gasteiger partial charge < -0.3 is 24.1 Å². The standard InChI is InChI=1S/C29H27N3O5S/c1-31-21-9-5-4-8-20(21)26-27(28(34)30-16-18-7-3-6-10-22(18)35-2)32(25(33)17-38-29(26)31)19-11-12-23-24(15-19)37-14-13-36-23/h3-12,15,27H,13-14,16-17H2,1-2H3,(H,30,34). The largest absolute Gasteiger partial charge is 0.496 e. The van der Waals surface area contributed by atoms with Gasteiger partial charge >= 0.3 is 0 Å². The number of amides is 2. The van der Waals surface area contributed by atoms with Crippen molar-refractivity contribution in [2.75, 3.05) is 31.0 Å². The summed E-state index contributed by atoms with van der Waals surface area (Å²) < 4.78 is 19.0. The molecule has 4 aromatic rings. The number of ether oxygens (including phenoxy) is 3. The summed E-state index contributed by atoms with van der Waals surface area (Å²) in [5.41, 5.74) is 3.25. The third-order valence-electron chi connectivity index (χ3n) is 6.92. The number of fused-ring (bicyclic) bond motifs is 4. The van der Waals surface area contributed by atoms with Gasteiger partial charge in [-0.3, -0.25) is 14.5 Å². The van der Waals surface area contributed by atoms with Gasteiger partial charge in [-0.05, 0) is 24.3 Å². The number of carbonyl (C=O) groups excluding carboxylic acids is 2. The Morgan fingerprint density at radius 3 is 2.66 bits per heavy atom. The van der Waals surface area contributed by atoms with Gasteiger partial charge in [-0.2, -0.15) is 0 Å². The number of aromatic nitrogens is 1. The molecule has 0 aliphatic carbocycles. The Hall–Kier alpha value is -4.11. The van der Waals surface area contributed by atoms with Crippen molar-refractivity contribution in [3.63, 3.8) is 0 Å². The molecule has 38 heavy (non-hydrogen) atoms. The lowest BCUT2D eigenvalue weighted by Gasteiger charge is -2.31. The maximum atomic E-state index is 14.1. The van der Waals surface area contributed by atoms with Crippen molar-refractivity contribution in [2.45, 2.75) is 17.6 Å². The van der Waals surface area contributed by atoms with Crippen molar-refractivity contribution < 1.29 is 23.8 Å². The van der Waals surface area contributed by atoms with Crippen molar-refractivity contribution in [1.29, 1.82) is 0 Å². The van der Waals surface area contributed by atoms with E-state index in [1.165, 1.54) is 11.8 Å². The van der Waals surface area contributed by atoms with Gasteiger partial charge in [0.1, 0.15) is 25.0 Å². The van der Waals surface area contributed by atoms with Crippen LogP contribution in [0.25, 0.3) is 10.9 Å². The van der Waals surface area contributed by atoms with Gasteiger partial charge in [0.25, 0.3) is 0 Å². The number of benzene rings is 3. The molecule has 0 fully saturated rings. The molecule has 3 aromatic carbocycles. The molecular formula is C29H27N3O5S. The first-order valence-electron chi connectivity index (χ1n) is 12.4. The van der Waals surface area contributed by atoms with Crippen molar-refractivity contribution in [3.8, 4) is 17.2 Å². The van der Waals surface area contributed by atoms with Crippen molar-refractivity contribution in [2.24, 2.45) is 7.05 Å². The number of thioether (sulfide) groups is 1. The number of rotatable bonds is 5. The Bertz CT molecular complexity index is 1550. The fourth-order valence-corrected chi connectivity index (χ4v) is 6.23. The first kappa shape index (κ1) is 24.2. The minimum absolute atomic E-state index is 0.163. The van der Waals surface area contributed by atoms with Gasteiger partial charge in [0, 0.05) is 47.4 Å². The maximum Gasteiger partial charge on any atom is 0.248 e. The van der Waals surface area contributed by atoms with Crippen LogP contribution in [0.5, 0.6) is 17.2 Å². The number of anilines is 1. The average molecular weight is 530 g/mol. The Morgan fingerprint density at radius 1 is 1.05 bits per heavy atom. The molecule has 194 valence electrons. The number of aryl methyl sites for hydroxylation is 1. The SMILES string of the molecule is COc1ccccc1CNC(=O)C1c2c(n(C)c3ccccc23)SCC(=O)N1c1ccc2c(c1)OCCO2. The summed E-state index contributed by atoms with van der Waals surface area (Å²) in [5.74, 6) is 1.63. The molecule has 9 heteroatoms. The van der Waals surface area contributed by atoms with Crippen LogP contribution in [0.4, 0.5) is 5.69 Å². The molecule has 8 nitrogen and oxygen atoms in total. The number of methoxy groups -OCH3 is 1. The summed E-state index contributed by atoms with van der Waals surface area (Å²) in [6.07, 6.45) is 0. The molecule has 2 aliphatic heterocycles. The van der Waals surface area contributed by atoms with Crippen LogP contribution < -0.4 is 24.4 Å². The van der Waals surface area contributed by atoms with Gasteiger partial charge in [-0.25, -0.2) is 0 Å². The van der Waals surface area contributed by atoms with E-state index < -0.39 is 6.04 Å². The van der Waals surface area contributed by atoms with E-state index in [0.29, 0.717) is 36.1 Å². The second-order valence-electron chi connectivity index (χ2n) is 9.11. The topological polar surface area (TPSA) is 82.0 Å². The molecule has 0 saturated heterocycles. The van der Waals surface area contributed by atoms with Gasteiger partial charge in [0.05, 0.1) is 17.9 Å². The molecule has 1 unspecified atom stereocenters. The van der Waals surface area contributed by atoms with Gasteiger partial charge in [-0.1, -0.05) is 48.2 Å². The van der Waals surface area contributed by atoms with Crippen molar-refractivity contribution >= 4 is 40.2 Å². The van der Waals surface area contributed by atoms with E-state index in [-0.39, 0.29) is 24.1 Å². The third kappa shape index (κ3) is 4.12. The van der Waals surface area contributed by atoms with Crippen LogP contribution in [0.15, 0.2) is 71.8 Å². The Morgan fingerprint density at radius 2 is 1.82 bits per heavy atom. The third-order valence-corrected chi connectivity index (χ3v) is 8.08.